The molecule has 3 atom stereocenters. The molecule has 1 aliphatic carbocycles. The molecule has 1 N–H and O–H groups in total. The summed E-state index contributed by atoms with van der Waals surface area (Å²) in [5, 5.41) is 14.6. The first-order valence-corrected chi connectivity index (χ1v) is 9.17. The molecule has 0 saturated heterocycles. The zero-order valence-corrected chi connectivity index (χ0v) is 13.2. The Morgan fingerprint density at radius 3 is 2.80 bits per heavy atom. The second-order valence-electron chi connectivity index (χ2n) is 5.88. The van der Waals surface area contributed by atoms with Crippen LogP contribution in [0.5, 0.6) is 0 Å². The number of aryl methyl sites for hydroxylation is 2. The van der Waals surface area contributed by atoms with Crippen molar-refractivity contribution in [1.29, 1.82) is 0 Å². The van der Waals surface area contributed by atoms with Gasteiger partial charge in [-0.15, -0.1) is 0 Å². The molecule has 3 unspecified atom stereocenters. The fourth-order valence-electron chi connectivity index (χ4n) is 3.19. The fourth-order valence-corrected chi connectivity index (χ4v) is 4.38. The van der Waals surface area contributed by atoms with E-state index in [9.17, 15) is 13.5 Å². The average Bonchev–Trinajstić information content (AvgIpc) is 2.78. The van der Waals surface area contributed by atoms with Gasteiger partial charge in [-0.05, 0) is 31.6 Å². The third-order valence-electron chi connectivity index (χ3n) is 4.31. The lowest BCUT2D eigenvalue weighted by atomic mass is 9.82. The minimum atomic E-state index is -3.02. The summed E-state index contributed by atoms with van der Waals surface area (Å²) in [6.07, 6.45) is 6.33. The summed E-state index contributed by atoms with van der Waals surface area (Å²) >= 11 is 0. The molecule has 0 aliphatic heterocycles. The molecular formula is C14H24N2O3S. The molecule has 0 amide bonds. The van der Waals surface area contributed by atoms with Crippen LogP contribution in [0.3, 0.4) is 0 Å². The Morgan fingerprint density at radius 1 is 1.50 bits per heavy atom. The highest BCUT2D eigenvalue weighted by atomic mass is 32.2. The topological polar surface area (TPSA) is 72.2 Å². The van der Waals surface area contributed by atoms with Gasteiger partial charge in [0.2, 0.25) is 0 Å². The van der Waals surface area contributed by atoms with Gasteiger partial charge < -0.3 is 5.11 Å². The highest BCUT2D eigenvalue weighted by molar-refractivity contribution is 7.91. The quantitative estimate of drug-likeness (QED) is 0.917. The molecule has 1 aliphatic rings. The number of aliphatic hydroxyl groups is 1. The summed E-state index contributed by atoms with van der Waals surface area (Å²) in [7, 11) is -1.17. The van der Waals surface area contributed by atoms with Gasteiger partial charge >= 0.3 is 0 Å². The number of hydrogen-bond donors (Lipinski definition) is 1. The number of rotatable bonds is 4. The van der Waals surface area contributed by atoms with Crippen LogP contribution in [-0.2, 0) is 23.3 Å². The normalized spacial score (nSPS) is 25.6. The Hall–Kier alpha value is -0.880. The van der Waals surface area contributed by atoms with Crippen LogP contribution in [0.4, 0.5) is 0 Å². The molecule has 2 rings (SSSR count). The summed E-state index contributed by atoms with van der Waals surface area (Å²) in [4.78, 5) is 0. The molecule has 5 nitrogen and oxygen atoms in total. The maximum absolute atomic E-state index is 11.7. The lowest BCUT2D eigenvalue weighted by Crippen LogP contribution is -2.30. The smallest absolute Gasteiger partial charge is 0.150 e. The van der Waals surface area contributed by atoms with Gasteiger partial charge in [-0.2, -0.15) is 5.10 Å². The predicted molar refractivity (Wildman–Crippen MR) is 78.1 cm³/mol. The minimum Gasteiger partial charge on any atom is -0.388 e. The zero-order valence-electron chi connectivity index (χ0n) is 12.4. The maximum atomic E-state index is 11.7. The summed E-state index contributed by atoms with van der Waals surface area (Å²) in [6.45, 7) is 2.01. The van der Waals surface area contributed by atoms with Crippen LogP contribution < -0.4 is 0 Å². The van der Waals surface area contributed by atoms with Crippen LogP contribution in [0.15, 0.2) is 6.20 Å². The number of aliphatic hydroxyl groups excluding tert-OH is 1. The number of nitrogens with zero attached hydrogens (tertiary/aromatic N) is 2. The molecule has 0 radical (unpaired) electrons. The first kappa shape index (κ1) is 15.5. The van der Waals surface area contributed by atoms with Crippen LogP contribution in [0.25, 0.3) is 0 Å². The van der Waals surface area contributed by atoms with Gasteiger partial charge in [0.25, 0.3) is 0 Å². The van der Waals surface area contributed by atoms with Crippen molar-refractivity contribution in [3.05, 3.63) is 17.5 Å². The highest BCUT2D eigenvalue weighted by Crippen LogP contribution is 2.37. The molecule has 0 bridgehead atoms. The van der Waals surface area contributed by atoms with E-state index in [2.05, 4.69) is 5.10 Å². The first-order chi connectivity index (χ1) is 9.32. The summed E-state index contributed by atoms with van der Waals surface area (Å²) in [5.41, 5.74) is 1.76. The second-order valence-corrected chi connectivity index (χ2v) is 8.21. The number of sulfone groups is 1. The molecule has 0 aromatic carbocycles. The van der Waals surface area contributed by atoms with Gasteiger partial charge in [-0.25, -0.2) is 8.42 Å². The van der Waals surface area contributed by atoms with E-state index in [1.807, 2.05) is 20.2 Å². The third kappa shape index (κ3) is 3.23. The van der Waals surface area contributed by atoms with Gasteiger partial charge in [0.05, 0.1) is 17.0 Å². The molecular weight excluding hydrogens is 276 g/mol. The first-order valence-electron chi connectivity index (χ1n) is 7.22. The van der Waals surface area contributed by atoms with E-state index in [1.165, 1.54) is 6.26 Å². The number of hydrogen-bond acceptors (Lipinski definition) is 4. The molecule has 6 heteroatoms. The van der Waals surface area contributed by atoms with Crippen LogP contribution in [0.2, 0.25) is 0 Å². The minimum absolute atomic E-state index is 0.0120. The predicted octanol–water partition coefficient (Wildman–Crippen LogP) is 1.62. The molecule has 1 heterocycles. The molecule has 1 fully saturated rings. The van der Waals surface area contributed by atoms with E-state index in [4.69, 9.17) is 0 Å². The standard InChI is InChI=1S/C14H24N2O3S/c1-4-13-12(9-16(2)15-13)14(17)10-6-5-7-11(8-10)20(3,18)19/h9-11,14,17H,4-8H2,1-3H3. The fraction of sp³-hybridized carbons (Fsp3) is 0.786. The summed E-state index contributed by atoms with van der Waals surface area (Å²) in [6, 6.07) is 0. The SMILES string of the molecule is CCc1nn(C)cc1C(O)C1CCCC(S(C)(=O)=O)C1. The van der Waals surface area contributed by atoms with Crippen molar-refractivity contribution >= 4 is 9.84 Å². The Labute approximate surface area is 120 Å². The molecule has 1 aromatic rings. The second kappa shape index (κ2) is 5.85. The Balaban J connectivity index is 2.18. The summed E-state index contributed by atoms with van der Waals surface area (Å²) < 4.78 is 25.2. The average molecular weight is 300 g/mol. The van der Waals surface area contributed by atoms with Gasteiger partial charge in [0, 0.05) is 25.1 Å². The monoisotopic (exact) mass is 300 g/mol. The maximum Gasteiger partial charge on any atom is 0.150 e. The van der Waals surface area contributed by atoms with Crippen molar-refractivity contribution < 1.29 is 13.5 Å². The lowest BCUT2D eigenvalue weighted by molar-refractivity contribution is 0.0849. The van der Waals surface area contributed by atoms with Gasteiger partial charge in [-0.1, -0.05) is 13.3 Å². The largest absolute Gasteiger partial charge is 0.388 e. The zero-order chi connectivity index (χ0) is 14.9. The van der Waals surface area contributed by atoms with Gasteiger partial charge in [0.1, 0.15) is 9.84 Å². The molecule has 1 aromatic heterocycles. The van der Waals surface area contributed by atoms with Crippen molar-refractivity contribution in [2.24, 2.45) is 13.0 Å². The lowest BCUT2D eigenvalue weighted by Gasteiger charge is -2.31. The van der Waals surface area contributed by atoms with Crippen LogP contribution in [0, 0.1) is 5.92 Å². The van der Waals surface area contributed by atoms with E-state index in [1.54, 1.807) is 4.68 Å². The van der Waals surface area contributed by atoms with E-state index in [-0.39, 0.29) is 11.2 Å². The van der Waals surface area contributed by atoms with E-state index < -0.39 is 15.9 Å². The van der Waals surface area contributed by atoms with E-state index in [0.717, 1.165) is 36.9 Å². The highest BCUT2D eigenvalue weighted by Gasteiger charge is 2.34. The van der Waals surface area contributed by atoms with Gasteiger partial charge in [-0.3, -0.25) is 4.68 Å². The van der Waals surface area contributed by atoms with E-state index in [0.29, 0.717) is 6.42 Å². The van der Waals surface area contributed by atoms with E-state index >= 15 is 0 Å². The van der Waals surface area contributed by atoms with Crippen molar-refractivity contribution in [3.8, 4) is 0 Å². The molecule has 114 valence electrons. The van der Waals surface area contributed by atoms with Crippen LogP contribution in [-0.4, -0.2) is 34.8 Å². The number of aromatic nitrogens is 2. The van der Waals surface area contributed by atoms with Crippen molar-refractivity contribution in [3.63, 3.8) is 0 Å². The molecule has 20 heavy (non-hydrogen) atoms. The Morgan fingerprint density at radius 2 is 2.20 bits per heavy atom. The Kier molecular flexibility index (Phi) is 4.54. The van der Waals surface area contributed by atoms with Crippen molar-refractivity contribution in [2.45, 2.75) is 50.4 Å². The molecule has 1 saturated carbocycles. The molecule has 0 spiro atoms. The Bertz CT molecular complexity index is 565. The van der Waals surface area contributed by atoms with Crippen molar-refractivity contribution in [1.82, 2.24) is 9.78 Å². The van der Waals surface area contributed by atoms with Crippen LogP contribution in [0.1, 0.15) is 50.0 Å². The van der Waals surface area contributed by atoms with Crippen LogP contribution >= 0.6 is 0 Å². The van der Waals surface area contributed by atoms with Crippen molar-refractivity contribution in [2.75, 3.05) is 6.26 Å². The van der Waals surface area contributed by atoms with Gasteiger partial charge in [0.15, 0.2) is 0 Å². The third-order valence-corrected chi connectivity index (χ3v) is 5.95. The summed E-state index contributed by atoms with van der Waals surface area (Å²) in [5.74, 6) is 0.0120.